The lowest BCUT2D eigenvalue weighted by Gasteiger charge is -2.18. The van der Waals surface area contributed by atoms with Gasteiger partial charge in [-0.3, -0.25) is 4.79 Å². The molecule has 0 radical (unpaired) electrons. The van der Waals surface area contributed by atoms with E-state index >= 15 is 0 Å². The maximum absolute atomic E-state index is 11.9. The van der Waals surface area contributed by atoms with Crippen molar-refractivity contribution in [2.45, 2.75) is 45.8 Å². The predicted molar refractivity (Wildman–Crippen MR) is 79.4 cm³/mol. The first-order valence-electron chi connectivity index (χ1n) is 6.96. The van der Waals surface area contributed by atoms with Crippen LogP contribution in [0.5, 0.6) is 0 Å². The Kier molecular flexibility index (Phi) is 4.16. The van der Waals surface area contributed by atoms with E-state index in [-0.39, 0.29) is 18.0 Å². The van der Waals surface area contributed by atoms with Crippen molar-refractivity contribution >= 4 is 17.5 Å². The van der Waals surface area contributed by atoms with Gasteiger partial charge >= 0.3 is 11.9 Å². The molecule has 21 heavy (non-hydrogen) atoms. The molecular weight excluding hydrogens is 268 g/mol. The first-order chi connectivity index (χ1) is 9.76. The van der Waals surface area contributed by atoms with E-state index in [1.807, 2.05) is 45.0 Å². The molecule has 1 unspecified atom stereocenters. The quantitative estimate of drug-likeness (QED) is 0.618. The molecule has 1 atom stereocenters. The second-order valence-electron chi connectivity index (χ2n) is 6.09. The van der Waals surface area contributed by atoms with Gasteiger partial charge in [0.05, 0.1) is 0 Å². The van der Waals surface area contributed by atoms with E-state index in [0.717, 1.165) is 16.7 Å². The normalized spacial score (nSPS) is 19.2. The minimum absolute atomic E-state index is 0.326. The molecule has 0 spiro atoms. The third-order valence-corrected chi connectivity index (χ3v) is 3.07. The van der Waals surface area contributed by atoms with Crippen LogP contribution >= 0.6 is 0 Å². The van der Waals surface area contributed by atoms with Crippen LogP contribution in [0.25, 0.3) is 5.57 Å². The van der Waals surface area contributed by atoms with E-state index in [0.29, 0.717) is 6.42 Å². The molecule has 0 heterocycles. The van der Waals surface area contributed by atoms with Gasteiger partial charge in [-0.05, 0) is 31.9 Å². The fourth-order valence-corrected chi connectivity index (χ4v) is 2.41. The fourth-order valence-electron chi connectivity index (χ4n) is 2.41. The maximum Gasteiger partial charge on any atom is 0.331 e. The summed E-state index contributed by atoms with van der Waals surface area (Å²) in [5.74, 6) is -0.705. The summed E-state index contributed by atoms with van der Waals surface area (Å²) in [5.41, 5.74) is 2.19. The average molecular weight is 288 g/mol. The highest BCUT2D eigenvalue weighted by Crippen LogP contribution is 2.41. The summed E-state index contributed by atoms with van der Waals surface area (Å²) in [7, 11) is 0. The number of carbonyl (C=O) groups excluding carboxylic acids is 2. The Morgan fingerprint density at radius 1 is 1.24 bits per heavy atom. The zero-order chi connectivity index (χ0) is 15.6. The molecule has 0 aliphatic heterocycles. The van der Waals surface area contributed by atoms with Crippen LogP contribution in [0, 0.1) is 0 Å². The summed E-state index contributed by atoms with van der Waals surface area (Å²) >= 11 is 0. The molecule has 0 N–H and O–H groups in total. The summed E-state index contributed by atoms with van der Waals surface area (Å²) in [6.45, 7) is 6.87. The van der Waals surface area contributed by atoms with Gasteiger partial charge in [0.25, 0.3) is 0 Å². The molecule has 112 valence electrons. The summed E-state index contributed by atoms with van der Waals surface area (Å²) in [6, 6.07) is 7.64. The number of hydrogen-bond acceptors (Lipinski definition) is 4. The van der Waals surface area contributed by atoms with Crippen molar-refractivity contribution in [1.29, 1.82) is 0 Å². The predicted octanol–water partition coefficient (Wildman–Crippen LogP) is 3.42. The van der Waals surface area contributed by atoms with Crippen molar-refractivity contribution in [2.24, 2.45) is 0 Å². The first kappa shape index (κ1) is 15.3. The van der Waals surface area contributed by atoms with Gasteiger partial charge in [-0.2, -0.15) is 0 Å². The Morgan fingerprint density at radius 2 is 1.90 bits per heavy atom. The molecule has 1 aliphatic rings. The van der Waals surface area contributed by atoms with E-state index in [2.05, 4.69) is 0 Å². The highest BCUT2D eigenvalue weighted by atomic mass is 16.6. The fraction of sp³-hybridized carbons (Fsp3) is 0.412. The number of fused-ring (bicyclic) bond motifs is 1. The zero-order valence-corrected chi connectivity index (χ0v) is 12.8. The number of rotatable bonds is 2. The number of benzene rings is 1. The van der Waals surface area contributed by atoms with Gasteiger partial charge in [0.1, 0.15) is 11.7 Å². The largest absolute Gasteiger partial charge is 0.457 e. The monoisotopic (exact) mass is 288 g/mol. The number of carbonyl (C=O) groups is 2. The lowest BCUT2D eigenvalue weighted by Crippen LogP contribution is -2.22. The molecule has 1 aromatic carbocycles. The van der Waals surface area contributed by atoms with Gasteiger partial charge in [-0.15, -0.1) is 0 Å². The van der Waals surface area contributed by atoms with Crippen LogP contribution in [-0.4, -0.2) is 17.5 Å². The van der Waals surface area contributed by atoms with Gasteiger partial charge in [-0.25, -0.2) is 4.79 Å². The average Bonchev–Trinajstić information content (AvgIpc) is 2.65. The third kappa shape index (κ3) is 3.94. The summed E-state index contributed by atoms with van der Waals surface area (Å²) < 4.78 is 10.6. The molecule has 1 aliphatic carbocycles. The van der Waals surface area contributed by atoms with Crippen molar-refractivity contribution in [2.75, 3.05) is 0 Å². The van der Waals surface area contributed by atoms with Crippen LogP contribution in [-0.2, 0) is 19.1 Å². The van der Waals surface area contributed by atoms with Crippen molar-refractivity contribution in [1.82, 2.24) is 0 Å². The van der Waals surface area contributed by atoms with E-state index in [9.17, 15) is 9.59 Å². The molecule has 0 aromatic heterocycles. The molecule has 0 bridgehead atoms. The molecule has 2 rings (SSSR count). The van der Waals surface area contributed by atoms with Crippen LogP contribution in [0.3, 0.4) is 0 Å². The van der Waals surface area contributed by atoms with Gasteiger partial charge in [0.15, 0.2) is 0 Å². The second-order valence-corrected chi connectivity index (χ2v) is 6.09. The summed E-state index contributed by atoms with van der Waals surface area (Å²) in [5, 5.41) is 0. The maximum atomic E-state index is 11.9. The van der Waals surface area contributed by atoms with Crippen LogP contribution < -0.4 is 0 Å². The Balaban J connectivity index is 2.26. The van der Waals surface area contributed by atoms with E-state index in [4.69, 9.17) is 9.47 Å². The van der Waals surface area contributed by atoms with Crippen molar-refractivity contribution in [3.63, 3.8) is 0 Å². The van der Waals surface area contributed by atoms with E-state index < -0.39 is 5.60 Å². The van der Waals surface area contributed by atoms with Crippen LogP contribution in [0.2, 0.25) is 0 Å². The van der Waals surface area contributed by atoms with Crippen molar-refractivity contribution in [3.8, 4) is 0 Å². The minimum Gasteiger partial charge on any atom is -0.457 e. The summed E-state index contributed by atoms with van der Waals surface area (Å²) in [6.07, 6.45) is 1.67. The Labute approximate surface area is 124 Å². The van der Waals surface area contributed by atoms with Crippen molar-refractivity contribution in [3.05, 3.63) is 41.5 Å². The number of hydrogen-bond donors (Lipinski definition) is 0. The highest BCUT2D eigenvalue weighted by molar-refractivity contribution is 5.93. The zero-order valence-electron chi connectivity index (χ0n) is 12.8. The molecule has 0 fully saturated rings. The van der Waals surface area contributed by atoms with E-state index in [1.54, 1.807) is 0 Å². The Bertz CT molecular complexity index is 593. The highest BCUT2D eigenvalue weighted by Gasteiger charge is 2.29. The van der Waals surface area contributed by atoms with Gasteiger partial charge in [0.2, 0.25) is 0 Å². The minimum atomic E-state index is -0.526. The standard InChI is InChI=1S/C17H20O4/c1-11(18)20-15-9-12(10-16(19)21-17(2,3)4)13-7-5-6-8-14(13)15/h5-8,10,15H,9H2,1-4H3/b12-10+. The third-order valence-electron chi connectivity index (χ3n) is 3.07. The first-order valence-corrected chi connectivity index (χ1v) is 6.96. The van der Waals surface area contributed by atoms with Gasteiger partial charge in [-0.1, -0.05) is 24.3 Å². The second kappa shape index (κ2) is 5.72. The number of esters is 2. The lowest BCUT2D eigenvalue weighted by atomic mass is 10.1. The molecule has 0 saturated heterocycles. The molecular formula is C17H20O4. The molecule has 0 amide bonds. The SMILES string of the molecule is CC(=O)OC1C/C(=C\C(=O)OC(C)(C)C)c2ccccc21. The van der Waals surface area contributed by atoms with Gasteiger partial charge < -0.3 is 9.47 Å². The van der Waals surface area contributed by atoms with Crippen LogP contribution in [0.4, 0.5) is 0 Å². The Hall–Kier alpha value is -2.10. The van der Waals surface area contributed by atoms with Crippen LogP contribution in [0.15, 0.2) is 30.3 Å². The Morgan fingerprint density at radius 3 is 2.52 bits per heavy atom. The molecule has 1 aromatic rings. The lowest BCUT2D eigenvalue weighted by molar-refractivity contribution is -0.148. The topological polar surface area (TPSA) is 52.6 Å². The number of ether oxygens (including phenoxy) is 2. The van der Waals surface area contributed by atoms with E-state index in [1.165, 1.54) is 13.0 Å². The van der Waals surface area contributed by atoms with Crippen molar-refractivity contribution < 1.29 is 19.1 Å². The molecule has 4 nitrogen and oxygen atoms in total. The molecule has 0 saturated carbocycles. The van der Waals surface area contributed by atoms with Gasteiger partial charge in [0, 0.05) is 25.0 Å². The van der Waals surface area contributed by atoms with Crippen LogP contribution in [0.1, 0.15) is 51.3 Å². The smallest absolute Gasteiger partial charge is 0.331 e. The summed E-state index contributed by atoms with van der Waals surface area (Å²) in [4.78, 5) is 23.1. The molecule has 4 heteroatoms.